The largest absolute Gasteiger partial charge is 0.378 e. The van der Waals surface area contributed by atoms with Gasteiger partial charge >= 0.3 is 0 Å². The van der Waals surface area contributed by atoms with Crippen molar-refractivity contribution in [2.45, 2.75) is 12.0 Å². The predicted octanol–water partition coefficient (Wildman–Crippen LogP) is -0.661. The van der Waals surface area contributed by atoms with Gasteiger partial charge in [0.1, 0.15) is 0 Å². The molecule has 6 nitrogen and oxygen atoms in total. The van der Waals surface area contributed by atoms with Crippen LogP contribution in [0.4, 0.5) is 0 Å². The fourth-order valence-electron chi connectivity index (χ4n) is 1.73. The van der Waals surface area contributed by atoms with Gasteiger partial charge in [-0.2, -0.15) is 0 Å². The van der Waals surface area contributed by atoms with Crippen LogP contribution in [0.25, 0.3) is 0 Å². The third kappa shape index (κ3) is 2.95. The molecule has 2 amide bonds. The second-order valence-corrected chi connectivity index (χ2v) is 4.45. The van der Waals surface area contributed by atoms with E-state index in [9.17, 15) is 9.59 Å². The highest BCUT2D eigenvalue weighted by molar-refractivity contribution is 5.89. The van der Waals surface area contributed by atoms with Gasteiger partial charge in [-0.1, -0.05) is 0 Å². The van der Waals surface area contributed by atoms with Crippen LogP contribution in [0.2, 0.25) is 0 Å². The van der Waals surface area contributed by atoms with E-state index in [2.05, 4.69) is 0 Å². The molecule has 1 heterocycles. The number of nitrogens with zero attached hydrogens (tertiary/aromatic N) is 2. The van der Waals surface area contributed by atoms with Crippen LogP contribution in [0.15, 0.2) is 0 Å². The van der Waals surface area contributed by atoms with E-state index in [4.69, 9.17) is 9.47 Å². The number of likely N-dealkylation sites (N-methyl/N-ethyl adjacent to an activating group) is 2. The molecule has 17 heavy (non-hydrogen) atoms. The van der Waals surface area contributed by atoms with Gasteiger partial charge in [-0.05, 0) is 0 Å². The van der Waals surface area contributed by atoms with Crippen LogP contribution in [0.1, 0.15) is 6.42 Å². The lowest BCUT2D eigenvalue weighted by Gasteiger charge is -2.30. The lowest BCUT2D eigenvalue weighted by atomic mass is 10.0. The lowest BCUT2D eigenvalue weighted by molar-refractivity contribution is -0.156. The SMILES string of the molecule is COC1(C(=O)N(C)CC(=O)N(C)C)CCOC1. The smallest absolute Gasteiger partial charge is 0.257 e. The lowest BCUT2D eigenvalue weighted by Crippen LogP contribution is -2.51. The molecule has 0 spiro atoms. The molecule has 1 aliphatic heterocycles. The van der Waals surface area contributed by atoms with Gasteiger partial charge in [0.05, 0.1) is 19.8 Å². The van der Waals surface area contributed by atoms with Gasteiger partial charge in [-0.3, -0.25) is 9.59 Å². The number of carbonyl (C=O) groups excluding carboxylic acids is 2. The summed E-state index contributed by atoms with van der Waals surface area (Å²) in [6.45, 7) is 0.814. The summed E-state index contributed by atoms with van der Waals surface area (Å²) in [7, 11) is 6.41. The second-order valence-electron chi connectivity index (χ2n) is 4.45. The zero-order valence-electron chi connectivity index (χ0n) is 10.9. The van der Waals surface area contributed by atoms with Crippen molar-refractivity contribution in [2.24, 2.45) is 0 Å². The van der Waals surface area contributed by atoms with Crippen LogP contribution in [0.5, 0.6) is 0 Å². The van der Waals surface area contributed by atoms with E-state index < -0.39 is 5.60 Å². The van der Waals surface area contributed by atoms with Gasteiger partial charge in [0.25, 0.3) is 5.91 Å². The third-order valence-corrected chi connectivity index (χ3v) is 2.98. The number of hydrogen-bond acceptors (Lipinski definition) is 4. The summed E-state index contributed by atoms with van der Waals surface area (Å²) in [5.41, 5.74) is -0.915. The molecule has 0 aromatic rings. The van der Waals surface area contributed by atoms with Crippen molar-refractivity contribution in [3.8, 4) is 0 Å². The molecule has 0 N–H and O–H groups in total. The molecule has 0 bridgehead atoms. The molecule has 0 aromatic heterocycles. The molecule has 1 unspecified atom stereocenters. The molecular weight excluding hydrogens is 224 g/mol. The van der Waals surface area contributed by atoms with Gasteiger partial charge in [0.2, 0.25) is 5.91 Å². The predicted molar refractivity (Wildman–Crippen MR) is 61.5 cm³/mol. The maximum absolute atomic E-state index is 12.2. The average Bonchev–Trinajstić information content (AvgIpc) is 2.77. The van der Waals surface area contributed by atoms with Gasteiger partial charge in [0.15, 0.2) is 5.60 Å². The molecule has 1 aliphatic rings. The molecule has 1 fully saturated rings. The summed E-state index contributed by atoms with van der Waals surface area (Å²) < 4.78 is 10.5. The Morgan fingerprint density at radius 1 is 1.35 bits per heavy atom. The summed E-state index contributed by atoms with van der Waals surface area (Å²) in [4.78, 5) is 26.6. The third-order valence-electron chi connectivity index (χ3n) is 2.98. The van der Waals surface area contributed by atoms with E-state index in [0.29, 0.717) is 13.0 Å². The quantitative estimate of drug-likeness (QED) is 0.658. The van der Waals surface area contributed by atoms with Gasteiger partial charge in [-0.15, -0.1) is 0 Å². The van der Waals surface area contributed by atoms with Gasteiger partial charge in [-0.25, -0.2) is 0 Å². The summed E-state index contributed by atoms with van der Waals surface area (Å²) in [5, 5.41) is 0. The first kappa shape index (κ1) is 13.9. The van der Waals surface area contributed by atoms with E-state index in [1.54, 1.807) is 21.1 Å². The highest BCUT2D eigenvalue weighted by atomic mass is 16.6. The molecule has 0 radical (unpaired) electrons. The van der Waals surface area contributed by atoms with E-state index in [0.717, 1.165) is 0 Å². The van der Waals surface area contributed by atoms with E-state index in [1.807, 2.05) is 0 Å². The summed E-state index contributed by atoms with van der Waals surface area (Å²) in [6.07, 6.45) is 0.531. The topological polar surface area (TPSA) is 59.1 Å². The molecule has 1 atom stereocenters. The minimum absolute atomic E-state index is 0.0525. The monoisotopic (exact) mass is 244 g/mol. The number of hydrogen-bond donors (Lipinski definition) is 0. The first-order valence-electron chi connectivity index (χ1n) is 5.51. The highest BCUT2D eigenvalue weighted by Gasteiger charge is 2.44. The van der Waals surface area contributed by atoms with Crippen LogP contribution in [0.3, 0.4) is 0 Å². The minimum atomic E-state index is -0.915. The maximum Gasteiger partial charge on any atom is 0.257 e. The van der Waals surface area contributed by atoms with Crippen LogP contribution < -0.4 is 0 Å². The van der Waals surface area contributed by atoms with E-state index in [1.165, 1.54) is 16.9 Å². The Balaban J connectivity index is 2.65. The summed E-state index contributed by atoms with van der Waals surface area (Å²) in [6, 6.07) is 0. The normalized spacial score (nSPS) is 23.5. The Kier molecular flexibility index (Phi) is 4.47. The number of amides is 2. The molecule has 1 saturated heterocycles. The first-order valence-corrected chi connectivity index (χ1v) is 5.51. The summed E-state index contributed by atoms with van der Waals surface area (Å²) in [5.74, 6) is -0.321. The van der Waals surface area contributed by atoms with Crippen molar-refractivity contribution < 1.29 is 19.1 Å². The molecule has 0 saturated carbocycles. The fourth-order valence-corrected chi connectivity index (χ4v) is 1.73. The van der Waals surface area contributed by atoms with Crippen LogP contribution in [-0.4, -0.2) is 75.2 Å². The number of ether oxygens (including phenoxy) is 2. The van der Waals surface area contributed by atoms with Crippen molar-refractivity contribution in [1.29, 1.82) is 0 Å². The zero-order chi connectivity index (χ0) is 13.1. The van der Waals surface area contributed by atoms with Crippen molar-refractivity contribution >= 4 is 11.8 Å². The van der Waals surface area contributed by atoms with Gasteiger partial charge < -0.3 is 19.3 Å². The number of rotatable bonds is 4. The standard InChI is InChI=1S/C11H20N2O4/c1-12(2)9(14)7-13(3)10(15)11(16-4)5-6-17-8-11/h5-8H2,1-4H3. The molecule has 0 aliphatic carbocycles. The average molecular weight is 244 g/mol. The second kappa shape index (κ2) is 5.46. The minimum Gasteiger partial charge on any atom is -0.378 e. The van der Waals surface area contributed by atoms with Crippen molar-refractivity contribution in [3.63, 3.8) is 0 Å². The van der Waals surface area contributed by atoms with Crippen molar-refractivity contribution in [1.82, 2.24) is 9.80 Å². The Bertz CT molecular complexity index is 298. The van der Waals surface area contributed by atoms with E-state index in [-0.39, 0.29) is 25.0 Å². The first-order chi connectivity index (χ1) is 7.93. The van der Waals surface area contributed by atoms with E-state index >= 15 is 0 Å². The molecule has 0 aromatic carbocycles. The fraction of sp³-hybridized carbons (Fsp3) is 0.818. The van der Waals surface area contributed by atoms with Crippen LogP contribution in [-0.2, 0) is 19.1 Å². The Hall–Kier alpha value is -1.14. The Morgan fingerprint density at radius 2 is 2.00 bits per heavy atom. The van der Waals surface area contributed by atoms with Crippen LogP contribution >= 0.6 is 0 Å². The Labute approximate surface area is 101 Å². The number of carbonyl (C=O) groups is 2. The van der Waals surface area contributed by atoms with Gasteiger partial charge in [0, 0.05) is 34.7 Å². The molecule has 98 valence electrons. The molecule has 6 heteroatoms. The van der Waals surface area contributed by atoms with Crippen LogP contribution in [0, 0.1) is 0 Å². The molecule has 1 rings (SSSR count). The summed E-state index contributed by atoms with van der Waals surface area (Å²) >= 11 is 0. The highest BCUT2D eigenvalue weighted by Crippen LogP contribution is 2.24. The molecular formula is C11H20N2O4. The number of methoxy groups -OCH3 is 1. The zero-order valence-corrected chi connectivity index (χ0v) is 10.9. The van der Waals surface area contributed by atoms with Crippen molar-refractivity contribution in [3.05, 3.63) is 0 Å². The maximum atomic E-state index is 12.2. The van der Waals surface area contributed by atoms with Crippen molar-refractivity contribution in [2.75, 3.05) is 48.0 Å². The Morgan fingerprint density at radius 3 is 2.41 bits per heavy atom.